The molecule has 0 aliphatic rings. The molecule has 3 heterocycles. The summed E-state index contributed by atoms with van der Waals surface area (Å²) in [7, 11) is 3.72. The van der Waals surface area contributed by atoms with Crippen molar-refractivity contribution in [1.82, 2.24) is 29.5 Å². The Kier molecular flexibility index (Phi) is 3.15. The van der Waals surface area contributed by atoms with E-state index in [2.05, 4.69) is 25.6 Å². The van der Waals surface area contributed by atoms with Gasteiger partial charge in [-0.2, -0.15) is 10.2 Å². The van der Waals surface area contributed by atoms with Gasteiger partial charge in [0.05, 0.1) is 23.1 Å². The number of aryl methyl sites for hydroxylation is 3. The molecule has 8 heteroatoms. The van der Waals surface area contributed by atoms with Crippen molar-refractivity contribution in [1.29, 1.82) is 0 Å². The van der Waals surface area contributed by atoms with Crippen LogP contribution in [0.4, 0.5) is 5.82 Å². The molecule has 0 unspecified atom stereocenters. The lowest BCUT2D eigenvalue weighted by Crippen LogP contribution is -2.10. The van der Waals surface area contributed by atoms with Gasteiger partial charge in [0.25, 0.3) is 0 Å². The number of nitrogen functional groups attached to an aromatic ring is 1. The van der Waals surface area contributed by atoms with Crippen molar-refractivity contribution in [3.8, 4) is 22.6 Å². The lowest BCUT2D eigenvalue weighted by Gasteiger charge is -2.06. The van der Waals surface area contributed by atoms with E-state index in [1.165, 1.54) is 0 Å². The van der Waals surface area contributed by atoms with Crippen molar-refractivity contribution >= 4 is 5.82 Å². The molecule has 8 nitrogen and oxygen atoms in total. The number of aromatic nitrogens is 6. The monoisotopic (exact) mass is 284 g/mol. The molecule has 3 rings (SSSR count). The van der Waals surface area contributed by atoms with Gasteiger partial charge in [0.1, 0.15) is 5.82 Å². The standard InChI is InChI=1S/C13H16N8/c1-8-10(7-21(3)19-8)13-16-11(4-12(17-13)18-14)9-5-15-20(2)6-9/h4-7H,14H2,1-3H3,(H,16,17,18). The Morgan fingerprint density at radius 2 is 1.95 bits per heavy atom. The zero-order valence-electron chi connectivity index (χ0n) is 12.1. The van der Waals surface area contributed by atoms with Crippen molar-refractivity contribution in [2.75, 3.05) is 5.43 Å². The Labute approximate surface area is 121 Å². The van der Waals surface area contributed by atoms with E-state index in [1.807, 2.05) is 33.4 Å². The van der Waals surface area contributed by atoms with Crippen LogP contribution in [0.3, 0.4) is 0 Å². The van der Waals surface area contributed by atoms with Crippen LogP contribution in [0.15, 0.2) is 24.7 Å². The van der Waals surface area contributed by atoms with Crippen molar-refractivity contribution in [2.45, 2.75) is 6.92 Å². The minimum atomic E-state index is 0.544. The summed E-state index contributed by atoms with van der Waals surface area (Å²) in [6.07, 6.45) is 5.53. The second-order valence-electron chi connectivity index (χ2n) is 4.81. The highest BCUT2D eigenvalue weighted by Crippen LogP contribution is 2.25. The number of hydrazine groups is 1. The predicted molar refractivity (Wildman–Crippen MR) is 79.0 cm³/mol. The molecular formula is C13H16N8. The Morgan fingerprint density at radius 3 is 2.52 bits per heavy atom. The summed E-state index contributed by atoms with van der Waals surface area (Å²) >= 11 is 0. The van der Waals surface area contributed by atoms with Crippen LogP contribution in [-0.4, -0.2) is 29.5 Å². The van der Waals surface area contributed by atoms with Crippen LogP contribution in [0.5, 0.6) is 0 Å². The first kappa shape index (κ1) is 13.3. The highest BCUT2D eigenvalue weighted by molar-refractivity contribution is 5.67. The molecule has 0 aliphatic carbocycles. The number of hydrogen-bond donors (Lipinski definition) is 2. The van der Waals surface area contributed by atoms with E-state index in [0.717, 1.165) is 22.5 Å². The van der Waals surface area contributed by atoms with E-state index >= 15 is 0 Å². The molecule has 0 spiro atoms. The van der Waals surface area contributed by atoms with Gasteiger partial charge in [-0.15, -0.1) is 0 Å². The normalized spacial score (nSPS) is 10.9. The second kappa shape index (κ2) is 4.98. The van der Waals surface area contributed by atoms with Gasteiger partial charge in [-0.25, -0.2) is 15.8 Å². The molecule has 108 valence electrons. The van der Waals surface area contributed by atoms with Gasteiger partial charge in [-0.1, -0.05) is 0 Å². The maximum Gasteiger partial charge on any atom is 0.165 e. The number of nitrogens with one attached hydrogen (secondary N) is 1. The summed E-state index contributed by atoms with van der Waals surface area (Å²) in [5.41, 5.74) is 5.97. The predicted octanol–water partition coefficient (Wildman–Crippen LogP) is 0.872. The lowest BCUT2D eigenvalue weighted by atomic mass is 10.2. The van der Waals surface area contributed by atoms with E-state index < -0.39 is 0 Å². The Bertz CT molecular complexity index is 785. The van der Waals surface area contributed by atoms with Crippen molar-refractivity contribution in [3.05, 3.63) is 30.4 Å². The van der Waals surface area contributed by atoms with Crippen LogP contribution < -0.4 is 11.3 Å². The molecule has 0 radical (unpaired) electrons. The Morgan fingerprint density at radius 1 is 1.14 bits per heavy atom. The molecule has 0 bridgehead atoms. The molecule has 3 N–H and O–H groups in total. The van der Waals surface area contributed by atoms with Crippen molar-refractivity contribution in [2.24, 2.45) is 19.9 Å². The lowest BCUT2D eigenvalue weighted by molar-refractivity contribution is 0.756. The first-order valence-electron chi connectivity index (χ1n) is 6.42. The van der Waals surface area contributed by atoms with Crippen LogP contribution in [0.25, 0.3) is 22.6 Å². The molecule has 0 aromatic carbocycles. The van der Waals surface area contributed by atoms with Crippen LogP contribution in [0, 0.1) is 6.92 Å². The van der Waals surface area contributed by atoms with Crippen LogP contribution in [-0.2, 0) is 14.1 Å². The van der Waals surface area contributed by atoms with Crippen LogP contribution >= 0.6 is 0 Å². The zero-order chi connectivity index (χ0) is 15.0. The van der Waals surface area contributed by atoms with Crippen molar-refractivity contribution in [3.63, 3.8) is 0 Å². The summed E-state index contributed by atoms with van der Waals surface area (Å²) in [6, 6.07) is 1.78. The van der Waals surface area contributed by atoms with E-state index in [9.17, 15) is 0 Å². The average Bonchev–Trinajstić information content (AvgIpc) is 3.04. The minimum absolute atomic E-state index is 0.544. The SMILES string of the molecule is Cc1nn(C)cc1-c1nc(NN)cc(-c2cnn(C)c2)n1. The largest absolute Gasteiger partial charge is 0.308 e. The fraction of sp³-hybridized carbons (Fsp3) is 0.231. The molecule has 0 amide bonds. The van der Waals surface area contributed by atoms with Gasteiger partial charge >= 0.3 is 0 Å². The first-order chi connectivity index (χ1) is 10.1. The summed E-state index contributed by atoms with van der Waals surface area (Å²) in [5, 5.41) is 8.48. The number of nitrogens with two attached hydrogens (primary N) is 1. The first-order valence-corrected chi connectivity index (χ1v) is 6.42. The number of nitrogens with zero attached hydrogens (tertiary/aromatic N) is 6. The third-order valence-electron chi connectivity index (χ3n) is 3.13. The second-order valence-corrected chi connectivity index (χ2v) is 4.81. The summed E-state index contributed by atoms with van der Waals surface area (Å²) in [5.74, 6) is 6.63. The van der Waals surface area contributed by atoms with Crippen LogP contribution in [0.2, 0.25) is 0 Å². The van der Waals surface area contributed by atoms with E-state index in [-0.39, 0.29) is 0 Å². The van der Waals surface area contributed by atoms with Gasteiger partial charge in [-0.3, -0.25) is 9.36 Å². The highest BCUT2D eigenvalue weighted by atomic mass is 15.3. The molecule has 3 aromatic rings. The number of anilines is 1. The minimum Gasteiger partial charge on any atom is -0.308 e. The van der Waals surface area contributed by atoms with Gasteiger partial charge < -0.3 is 5.43 Å². The molecule has 0 atom stereocenters. The molecule has 21 heavy (non-hydrogen) atoms. The summed E-state index contributed by atoms with van der Waals surface area (Å²) in [6.45, 7) is 1.92. The van der Waals surface area contributed by atoms with E-state index in [4.69, 9.17) is 5.84 Å². The topological polar surface area (TPSA) is 99.5 Å². The highest BCUT2D eigenvalue weighted by Gasteiger charge is 2.13. The Hall–Kier alpha value is -2.74. The summed E-state index contributed by atoms with van der Waals surface area (Å²) in [4.78, 5) is 9.00. The Balaban J connectivity index is 2.15. The van der Waals surface area contributed by atoms with Gasteiger partial charge in [0.15, 0.2) is 5.82 Å². The van der Waals surface area contributed by atoms with Crippen LogP contribution in [0.1, 0.15) is 5.69 Å². The third kappa shape index (κ3) is 2.48. The molecule has 0 fully saturated rings. The number of hydrogen-bond acceptors (Lipinski definition) is 6. The van der Waals surface area contributed by atoms with Crippen molar-refractivity contribution < 1.29 is 0 Å². The number of rotatable bonds is 3. The average molecular weight is 284 g/mol. The molecule has 0 aliphatic heterocycles. The zero-order valence-corrected chi connectivity index (χ0v) is 12.1. The third-order valence-corrected chi connectivity index (χ3v) is 3.13. The fourth-order valence-electron chi connectivity index (χ4n) is 2.16. The van der Waals surface area contributed by atoms with Gasteiger partial charge in [-0.05, 0) is 6.92 Å². The van der Waals surface area contributed by atoms with Gasteiger partial charge in [0.2, 0.25) is 0 Å². The molecule has 0 saturated carbocycles. The van der Waals surface area contributed by atoms with Gasteiger partial charge in [0, 0.05) is 38.1 Å². The fourth-order valence-corrected chi connectivity index (χ4v) is 2.16. The smallest absolute Gasteiger partial charge is 0.165 e. The van der Waals surface area contributed by atoms with E-state index in [0.29, 0.717) is 11.6 Å². The maximum atomic E-state index is 5.51. The van der Waals surface area contributed by atoms with E-state index in [1.54, 1.807) is 21.6 Å². The maximum absolute atomic E-state index is 5.51. The molecular weight excluding hydrogens is 268 g/mol. The summed E-state index contributed by atoms with van der Waals surface area (Å²) < 4.78 is 3.46. The molecule has 3 aromatic heterocycles. The molecule has 0 saturated heterocycles. The quantitative estimate of drug-likeness (QED) is 0.547.